The standard InChI is InChI=1S/C15H16FN5O3/c1-3-4-14(16)8-5-15(8,7(2)22)24-12(14)21-6-18-9-10(21)19-13(17)20-11(9)23/h6-8,12,22H,5H2,1-2H3,(H3,17,19,20,23)/t7-,8?,12+,14?,15?/m0/s1. The van der Waals surface area contributed by atoms with Crippen LogP contribution in [0.4, 0.5) is 10.3 Å². The first-order chi connectivity index (χ1) is 11.3. The van der Waals surface area contributed by atoms with Crippen LogP contribution in [-0.4, -0.2) is 42.0 Å². The molecule has 4 rings (SSSR count). The van der Waals surface area contributed by atoms with Crippen molar-refractivity contribution in [3.05, 3.63) is 16.7 Å². The summed E-state index contributed by atoms with van der Waals surface area (Å²) in [5.41, 5.74) is 2.21. The molecular formula is C15H16FN5O3. The van der Waals surface area contributed by atoms with E-state index >= 15 is 4.39 Å². The Morgan fingerprint density at radius 2 is 2.42 bits per heavy atom. The summed E-state index contributed by atoms with van der Waals surface area (Å²) in [6.45, 7) is 3.10. The zero-order valence-corrected chi connectivity index (χ0v) is 13.1. The Bertz CT molecular complexity index is 957. The van der Waals surface area contributed by atoms with Gasteiger partial charge in [0.1, 0.15) is 5.60 Å². The van der Waals surface area contributed by atoms with Gasteiger partial charge in [0.15, 0.2) is 17.4 Å². The molecule has 1 aliphatic carbocycles. The van der Waals surface area contributed by atoms with Gasteiger partial charge in [0, 0.05) is 5.92 Å². The molecule has 2 fully saturated rings. The van der Waals surface area contributed by atoms with Crippen LogP contribution in [0.15, 0.2) is 11.1 Å². The number of hydrogen-bond acceptors (Lipinski definition) is 6. The van der Waals surface area contributed by atoms with E-state index in [0.717, 1.165) is 0 Å². The van der Waals surface area contributed by atoms with Crippen molar-refractivity contribution in [3.63, 3.8) is 0 Å². The zero-order chi connectivity index (χ0) is 17.3. The van der Waals surface area contributed by atoms with Gasteiger partial charge >= 0.3 is 0 Å². The quantitative estimate of drug-likeness (QED) is 0.671. The van der Waals surface area contributed by atoms with E-state index in [-0.39, 0.29) is 17.1 Å². The molecule has 24 heavy (non-hydrogen) atoms. The number of alkyl halides is 1. The topological polar surface area (TPSA) is 119 Å². The summed E-state index contributed by atoms with van der Waals surface area (Å²) in [5.74, 6) is 4.51. The number of anilines is 1. The fourth-order valence-electron chi connectivity index (χ4n) is 3.63. The number of aliphatic hydroxyl groups excluding tert-OH is 1. The van der Waals surface area contributed by atoms with Gasteiger partial charge in [-0.15, -0.1) is 5.92 Å². The molecule has 1 saturated heterocycles. The average Bonchev–Trinajstić information content (AvgIpc) is 3.03. The maximum Gasteiger partial charge on any atom is 0.280 e. The summed E-state index contributed by atoms with van der Waals surface area (Å²) in [5, 5.41) is 10.0. The molecule has 8 nitrogen and oxygen atoms in total. The van der Waals surface area contributed by atoms with E-state index in [1.54, 1.807) is 6.92 Å². The van der Waals surface area contributed by atoms with Gasteiger partial charge in [-0.2, -0.15) is 4.98 Å². The lowest BCUT2D eigenvalue weighted by molar-refractivity contribution is -0.110. The summed E-state index contributed by atoms with van der Waals surface area (Å²) in [6.07, 6.45) is -0.354. The van der Waals surface area contributed by atoms with Crippen molar-refractivity contribution in [2.75, 3.05) is 5.73 Å². The number of nitrogens with two attached hydrogens (primary N) is 1. The number of imidazole rings is 1. The highest BCUT2D eigenvalue weighted by Gasteiger charge is 2.77. The lowest BCUT2D eigenvalue weighted by atomic mass is 9.97. The molecule has 0 aromatic carbocycles. The molecule has 1 aliphatic heterocycles. The maximum absolute atomic E-state index is 15.7. The molecule has 3 heterocycles. The molecule has 3 unspecified atom stereocenters. The minimum absolute atomic E-state index is 0.0336. The highest BCUT2D eigenvalue weighted by molar-refractivity contribution is 5.70. The Labute approximate surface area is 135 Å². The van der Waals surface area contributed by atoms with Gasteiger partial charge in [0.2, 0.25) is 11.6 Å². The second kappa shape index (κ2) is 4.55. The molecule has 126 valence electrons. The third-order valence-electron chi connectivity index (χ3n) is 4.88. The highest BCUT2D eigenvalue weighted by Crippen LogP contribution is 2.67. The third kappa shape index (κ3) is 1.72. The first-order valence-electron chi connectivity index (χ1n) is 7.54. The zero-order valence-electron chi connectivity index (χ0n) is 13.1. The van der Waals surface area contributed by atoms with E-state index in [2.05, 4.69) is 26.8 Å². The second-order valence-corrected chi connectivity index (χ2v) is 6.28. The lowest BCUT2D eigenvalue weighted by Crippen LogP contribution is -2.33. The van der Waals surface area contributed by atoms with E-state index in [0.29, 0.717) is 6.42 Å². The van der Waals surface area contributed by atoms with Gasteiger partial charge in [-0.05, 0) is 20.3 Å². The van der Waals surface area contributed by atoms with Gasteiger partial charge in [-0.3, -0.25) is 14.3 Å². The van der Waals surface area contributed by atoms with Gasteiger partial charge in [-0.1, -0.05) is 5.92 Å². The summed E-state index contributed by atoms with van der Waals surface area (Å²) >= 11 is 0. The van der Waals surface area contributed by atoms with Gasteiger partial charge < -0.3 is 15.6 Å². The van der Waals surface area contributed by atoms with Crippen LogP contribution in [0.1, 0.15) is 26.5 Å². The first kappa shape index (κ1) is 15.1. The van der Waals surface area contributed by atoms with E-state index in [9.17, 15) is 9.90 Å². The van der Waals surface area contributed by atoms with Crippen LogP contribution < -0.4 is 11.3 Å². The summed E-state index contributed by atoms with van der Waals surface area (Å²) in [6, 6.07) is 0. The summed E-state index contributed by atoms with van der Waals surface area (Å²) in [4.78, 5) is 22.3. The Morgan fingerprint density at radius 3 is 3.08 bits per heavy atom. The predicted octanol–water partition coefficient (Wildman–Crippen LogP) is 0.102. The van der Waals surface area contributed by atoms with Crippen LogP contribution in [0.5, 0.6) is 0 Å². The first-order valence-corrected chi connectivity index (χ1v) is 7.54. The molecule has 0 amide bonds. The number of ether oxygens (including phenoxy) is 1. The maximum atomic E-state index is 15.7. The number of nitrogens with one attached hydrogen (secondary N) is 1. The van der Waals surface area contributed by atoms with E-state index < -0.39 is 35.1 Å². The third-order valence-corrected chi connectivity index (χ3v) is 4.88. The van der Waals surface area contributed by atoms with Crippen molar-refractivity contribution in [1.29, 1.82) is 0 Å². The SMILES string of the molecule is CC#CC1(F)C2CC2([C@H](C)O)O[C@H]1n1cnc2c(=O)[nH]c(N)nc21. The number of nitrogen functional groups attached to an aromatic ring is 1. The molecule has 0 spiro atoms. The molecule has 0 radical (unpaired) electrons. The van der Waals surface area contributed by atoms with Crippen molar-refractivity contribution in [2.45, 2.75) is 43.9 Å². The van der Waals surface area contributed by atoms with Crippen LogP contribution in [0.25, 0.3) is 11.2 Å². The van der Waals surface area contributed by atoms with Crippen molar-refractivity contribution in [2.24, 2.45) is 5.92 Å². The van der Waals surface area contributed by atoms with E-state index in [4.69, 9.17) is 10.5 Å². The van der Waals surface area contributed by atoms with E-state index in [1.165, 1.54) is 17.8 Å². The summed E-state index contributed by atoms with van der Waals surface area (Å²) in [7, 11) is 0. The number of aliphatic hydroxyl groups is 1. The Morgan fingerprint density at radius 1 is 1.67 bits per heavy atom. The molecule has 2 aliphatic rings. The second-order valence-electron chi connectivity index (χ2n) is 6.28. The fraction of sp³-hybridized carbons (Fsp3) is 0.533. The van der Waals surface area contributed by atoms with Crippen LogP contribution in [-0.2, 0) is 4.74 Å². The number of halogens is 1. The largest absolute Gasteiger partial charge is 0.390 e. The van der Waals surface area contributed by atoms with Gasteiger partial charge in [0.25, 0.3) is 5.56 Å². The monoisotopic (exact) mass is 333 g/mol. The molecular weight excluding hydrogens is 317 g/mol. The minimum atomic E-state index is -2.02. The van der Waals surface area contributed by atoms with E-state index in [1.807, 2.05) is 0 Å². The highest BCUT2D eigenvalue weighted by atomic mass is 19.1. The molecule has 2 aromatic heterocycles. The van der Waals surface area contributed by atoms with Crippen LogP contribution in [0, 0.1) is 17.8 Å². The molecule has 4 N–H and O–H groups in total. The molecule has 9 heteroatoms. The van der Waals surface area contributed by atoms with Gasteiger partial charge in [0.05, 0.1) is 12.4 Å². The lowest BCUT2D eigenvalue weighted by Gasteiger charge is -2.26. The normalized spacial score (nSPS) is 35.3. The number of fused-ring (bicyclic) bond motifs is 2. The van der Waals surface area contributed by atoms with Crippen molar-refractivity contribution in [3.8, 4) is 11.8 Å². The Hall–Kier alpha value is -2.44. The number of nitrogens with zero attached hydrogens (tertiary/aromatic N) is 3. The number of rotatable bonds is 2. The van der Waals surface area contributed by atoms with Crippen molar-refractivity contribution < 1.29 is 14.2 Å². The molecule has 2 aromatic rings. The Kier molecular flexibility index (Phi) is 2.87. The van der Waals surface area contributed by atoms with Gasteiger partial charge in [-0.25, -0.2) is 9.37 Å². The molecule has 1 saturated carbocycles. The minimum Gasteiger partial charge on any atom is -0.390 e. The number of H-pyrrole nitrogens is 1. The van der Waals surface area contributed by atoms with Crippen LogP contribution >= 0.6 is 0 Å². The summed E-state index contributed by atoms with van der Waals surface area (Å²) < 4.78 is 22.9. The number of aromatic amines is 1. The molecule has 5 atom stereocenters. The average molecular weight is 333 g/mol. The fourth-order valence-corrected chi connectivity index (χ4v) is 3.63. The number of aromatic nitrogens is 4. The number of hydrogen-bond donors (Lipinski definition) is 3. The predicted molar refractivity (Wildman–Crippen MR) is 82.5 cm³/mol. The van der Waals surface area contributed by atoms with Crippen LogP contribution in [0.2, 0.25) is 0 Å². The smallest absolute Gasteiger partial charge is 0.280 e. The van der Waals surface area contributed by atoms with Crippen molar-refractivity contribution >= 4 is 17.1 Å². The molecule has 0 bridgehead atoms. The van der Waals surface area contributed by atoms with Crippen molar-refractivity contribution in [1.82, 2.24) is 19.5 Å². The Balaban J connectivity index is 1.89. The van der Waals surface area contributed by atoms with Crippen LogP contribution in [0.3, 0.4) is 0 Å².